The van der Waals surface area contributed by atoms with E-state index in [2.05, 4.69) is 19.7 Å². The topological polar surface area (TPSA) is 9.23 Å². The molecule has 0 unspecified atom stereocenters. The molecule has 0 aliphatic rings. The molecule has 0 fully saturated rings. The fourth-order valence-electron chi connectivity index (χ4n) is 1.28. The molecule has 0 N–H and O–H groups in total. The molecule has 0 saturated carbocycles. The Morgan fingerprint density at radius 3 is 2.72 bits per heavy atom. The number of rotatable bonds is 3. The van der Waals surface area contributed by atoms with Crippen LogP contribution in [0.4, 0.5) is 4.39 Å². The van der Waals surface area contributed by atoms with Crippen LogP contribution in [0, 0.1) is 11.9 Å². The predicted octanol–water partition coefficient (Wildman–Crippen LogP) is 4.70. The first-order valence-corrected chi connectivity index (χ1v) is 12.4. The molecule has 0 amide bonds. The van der Waals surface area contributed by atoms with Crippen molar-refractivity contribution in [2.75, 3.05) is 0 Å². The third kappa shape index (κ3) is 4.68. The summed E-state index contributed by atoms with van der Waals surface area (Å²) in [5, 5.41) is 0.0668. The van der Waals surface area contributed by atoms with Crippen molar-refractivity contribution in [2.24, 2.45) is 0 Å². The number of halogens is 3. The fourth-order valence-corrected chi connectivity index (χ4v) is 1.44. The van der Waals surface area contributed by atoms with E-state index in [0.29, 0.717) is 6.61 Å². The van der Waals surface area contributed by atoms with Crippen molar-refractivity contribution in [3.8, 4) is 5.75 Å². The van der Waals surface area contributed by atoms with Crippen LogP contribution >= 0.6 is 25.2 Å². The first-order chi connectivity index (χ1) is 8.77. The van der Waals surface area contributed by atoms with E-state index in [1.165, 1.54) is 22.4 Å². The zero-order chi connectivity index (χ0) is 13.4. The monoisotopic (exact) mass is 378 g/mol. The molecule has 0 spiro atoms. The van der Waals surface area contributed by atoms with Gasteiger partial charge in [0.15, 0.2) is 11.6 Å². The molecule has 2 rings (SSSR count). The Balaban J connectivity index is 0.000000771. The van der Waals surface area contributed by atoms with Gasteiger partial charge in [-0.3, -0.25) is 0 Å². The van der Waals surface area contributed by atoms with E-state index in [1.807, 2.05) is 12.1 Å². The van der Waals surface area contributed by atoms with Crippen LogP contribution in [-0.4, -0.2) is 0 Å². The molecule has 18 heavy (non-hydrogen) atoms. The molecule has 0 atom stereocenters. The molecule has 90 valence electrons. The van der Waals surface area contributed by atoms with Gasteiger partial charge in [-0.05, 0) is 12.1 Å². The Morgan fingerprint density at radius 2 is 2.06 bits per heavy atom. The quantitative estimate of drug-likeness (QED) is 0.554. The molecular formula is C13H9BrClFOZn. The summed E-state index contributed by atoms with van der Waals surface area (Å²) in [6.45, 7) is 0.300. The van der Waals surface area contributed by atoms with Gasteiger partial charge in [0, 0.05) is 0 Å². The summed E-state index contributed by atoms with van der Waals surface area (Å²) >= 11 is 9.88. The van der Waals surface area contributed by atoms with Crippen LogP contribution in [0.1, 0.15) is 5.56 Å². The van der Waals surface area contributed by atoms with Gasteiger partial charge in [-0.15, -0.1) is 5.56 Å². The normalized spacial score (nSPS) is 9.39. The first kappa shape index (κ1) is 15.6. The van der Waals surface area contributed by atoms with Gasteiger partial charge >= 0.3 is 30.0 Å². The van der Waals surface area contributed by atoms with Crippen LogP contribution in [0.25, 0.3) is 0 Å². The van der Waals surface area contributed by atoms with Crippen molar-refractivity contribution >= 4 is 25.2 Å². The van der Waals surface area contributed by atoms with Gasteiger partial charge in [0.2, 0.25) is 0 Å². The van der Waals surface area contributed by atoms with Crippen molar-refractivity contribution < 1.29 is 25.5 Å². The average Bonchev–Trinajstić information content (AvgIpc) is 2.44. The maximum absolute atomic E-state index is 13.4. The van der Waals surface area contributed by atoms with Gasteiger partial charge in [0.05, 0.1) is 11.6 Å². The van der Waals surface area contributed by atoms with Crippen LogP contribution in [0.3, 0.4) is 0 Å². The van der Waals surface area contributed by atoms with Crippen LogP contribution in [0.15, 0.2) is 42.5 Å². The van der Waals surface area contributed by atoms with Crippen molar-refractivity contribution in [3.05, 3.63) is 64.9 Å². The zero-order valence-electron chi connectivity index (χ0n) is 9.50. The van der Waals surface area contributed by atoms with E-state index in [1.54, 1.807) is 24.3 Å². The molecule has 5 heteroatoms. The van der Waals surface area contributed by atoms with E-state index in [4.69, 9.17) is 16.3 Å². The average molecular weight is 381 g/mol. The second kappa shape index (κ2) is 8.63. The van der Waals surface area contributed by atoms with Gasteiger partial charge in [-0.1, -0.05) is 17.7 Å². The molecule has 0 aliphatic heterocycles. The maximum atomic E-state index is 13.4. The van der Waals surface area contributed by atoms with Gasteiger partial charge < -0.3 is 4.74 Å². The van der Waals surface area contributed by atoms with Crippen molar-refractivity contribution in [1.82, 2.24) is 0 Å². The minimum atomic E-state index is -0.524. The zero-order valence-corrected chi connectivity index (χ0v) is 14.8. The Kier molecular flexibility index (Phi) is 7.49. The summed E-state index contributed by atoms with van der Waals surface area (Å²) in [6, 6.07) is 14.9. The van der Waals surface area contributed by atoms with E-state index < -0.39 is 5.82 Å². The van der Waals surface area contributed by atoms with Crippen molar-refractivity contribution in [3.63, 3.8) is 0 Å². The molecule has 0 bridgehead atoms. The molecule has 0 heterocycles. The SMILES string of the molecule is Fc1c(Cl)cccc1OCc1c[c-]ccc1.[Zn+][Br]. The summed E-state index contributed by atoms with van der Waals surface area (Å²) < 4.78 is 18.8. The summed E-state index contributed by atoms with van der Waals surface area (Å²) in [5.74, 6) is -0.361. The van der Waals surface area contributed by atoms with Crippen LogP contribution in [0.5, 0.6) is 5.75 Å². The van der Waals surface area contributed by atoms with Crippen molar-refractivity contribution in [2.45, 2.75) is 6.61 Å². The Bertz CT molecular complexity index is 482. The van der Waals surface area contributed by atoms with Gasteiger partial charge in [-0.2, -0.15) is 30.3 Å². The molecule has 0 saturated heterocycles. The van der Waals surface area contributed by atoms with E-state index in [-0.39, 0.29) is 10.8 Å². The van der Waals surface area contributed by atoms with Gasteiger partial charge in [0.25, 0.3) is 0 Å². The second-order valence-electron chi connectivity index (χ2n) is 3.25. The van der Waals surface area contributed by atoms with Gasteiger partial charge in [0.1, 0.15) is 0 Å². The van der Waals surface area contributed by atoms with E-state index >= 15 is 0 Å². The first-order valence-electron chi connectivity index (χ1n) is 5.06. The molecule has 0 aliphatic carbocycles. The summed E-state index contributed by atoms with van der Waals surface area (Å²) in [5.41, 5.74) is 0.932. The third-order valence-corrected chi connectivity index (χ3v) is 2.37. The molecule has 2 aromatic carbocycles. The van der Waals surface area contributed by atoms with Crippen LogP contribution < -0.4 is 4.74 Å². The summed E-state index contributed by atoms with van der Waals surface area (Å²) in [4.78, 5) is 0. The Labute approximate surface area is 127 Å². The molecule has 0 aromatic heterocycles. The molecular weight excluding hydrogens is 372 g/mol. The standard InChI is InChI=1S/C13H9ClFO.BrH.Zn/c14-11-7-4-8-12(13(11)15)16-9-10-5-2-1-3-6-10;;/h1-2,4-8H,9H2;1H;/q-1;;+2/p-1. The number of benzene rings is 2. The number of hydrogen-bond donors (Lipinski definition) is 0. The summed E-state index contributed by atoms with van der Waals surface area (Å²) in [6.07, 6.45) is 0. The number of hydrogen-bond acceptors (Lipinski definition) is 1. The van der Waals surface area contributed by atoms with Crippen LogP contribution in [0.2, 0.25) is 5.02 Å². The van der Waals surface area contributed by atoms with Crippen LogP contribution in [-0.2, 0) is 22.9 Å². The van der Waals surface area contributed by atoms with E-state index in [9.17, 15) is 4.39 Å². The fraction of sp³-hybridized carbons (Fsp3) is 0.0769. The third-order valence-electron chi connectivity index (χ3n) is 2.08. The minimum absolute atomic E-state index is 0.0668. The molecule has 1 nitrogen and oxygen atoms in total. The van der Waals surface area contributed by atoms with Gasteiger partial charge in [-0.25, -0.2) is 4.39 Å². The van der Waals surface area contributed by atoms with Crippen molar-refractivity contribution in [1.29, 1.82) is 0 Å². The Hall–Kier alpha value is -0.437. The summed E-state index contributed by atoms with van der Waals surface area (Å²) in [7, 11) is 0. The van der Waals surface area contributed by atoms with E-state index in [0.717, 1.165) is 5.56 Å². The Morgan fingerprint density at radius 1 is 1.28 bits per heavy atom. The molecule has 0 radical (unpaired) electrons. The number of ether oxygens (including phenoxy) is 1. The second-order valence-corrected chi connectivity index (χ2v) is 3.66. The molecule has 2 aromatic rings. The predicted molar refractivity (Wildman–Crippen MR) is 69.9 cm³/mol.